The molecule has 0 aromatic heterocycles. The van der Waals surface area contributed by atoms with E-state index in [9.17, 15) is 9.59 Å². The van der Waals surface area contributed by atoms with Crippen LogP contribution in [0.1, 0.15) is 24.2 Å². The summed E-state index contributed by atoms with van der Waals surface area (Å²) in [7, 11) is 1.52. The number of methoxy groups -OCH3 is 1. The molecule has 0 unspecified atom stereocenters. The average Bonchev–Trinajstić information content (AvgIpc) is 2.78. The van der Waals surface area contributed by atoms with Gasteiger partial charge in [-0.25, -0.2) is 0 Å². The van der Waals surface area contributed by atoms with Crippen LogP contribution in [-0.2, 0) is 4.79 Å². The minimum absolute atomic E-state index is 0.00438. The lowest BCUT2D eigenvalue weighted by molar-refractivity contribution is -0.134. The van der Waals surface area contributed by atoms with Crippen LogP contribution in [0.2, 0.25) is 0 Å². The summed E-state index contributed by atoms with van der Waals surface area (Å²) in [5.41, 5.74) is 2.19. The fraction of sp³-hybridized carbons (Fsp3) is 0.348. The average molecular weight is 441 g/mol. The number of amides is 2. The Balaban J connectivity index is 1.65. The van der Waals surface area contributed by atoms with E-state index in [2.05, 4.69) is 15.5 Å². The molecule has 31 heavy (non-hydrogen) atoms. The van der Waals surface area contributed by atoms with Crippen LogP contribution in [0, 0.1) is 5.92 Å². The van der Waals surface area contributed by atoms with Gasteiger partial charge in [0.25, 0.3) is 5.91 Å². The van der Waals surface area contributed by atoms with E-state index < -0.39 is 0 Å². The van der Waals surface area contributed by atoms with E-state index in [1.807, 2.05) is 43.0 Å². The molecule has 1 aliphatic rings. The van der Waals surface area contributed by atoms with Crippen molar-refractivity contribution in [2.45, 2.75) is 13.8 Å². The summed E-state index contributed by atoms with van der Waals surface area (Å²) < 4.78 is 5.25. The molecule has 0 spiro atoms. The number of rotatable bonds is 5. The van der Waals surface area contributed by atoms with Crippen molar-refractivity contribution in [1.82, 2.24) is 10.2 Å². The van der Waals surface area contributed by atoms with E-state index in [0.29, 0.717) is 24.4 Å². The lowest BCUT2D eigenvalue weighted by atomic mass is 10.1. The first-order chi connectivity index (χ1) is 14.9. The summed E-state index contributed by atoms with van der Waals surface area (Å²) >= 11 is 5.38. The van der Waals surface area contributed by atoms with Crippen molar-refractivity contribution in [3.05, 3.63) is 54.1 Å². The Bertz CT molecular complexity index is 955. The van der Waals surface area contributed by atoms with Gasteiger partial charge < -0.3 is 19.9 Å². The molecule has 2 N–H and O–H groups in total. The summed E-state index contributed by atoms with van der Waals surface area (Å²) in [6.07, 6.45) is 0. The molecule has 164 valence electrons. The smallest absolute Gasteiger partial charge is 0.261 e. The maximum Gasteiger partial charge on any atom is 0.261 e. The number of para-hydroxylation sites is 3. The quantitative estimate of drug-likeness (QED) is 0.696. The molecule has 0 aliphatic carbocycles. The van der Waals surface area contributed by atoms with Crippen LogP contribution < -0.4 is 20.3 Å². The van der Waals surface area contributed by atoms with Gasteiger partial charge in [-0.2, -0.15) is 0 Å². The van der Waals surface area contributed by atoms with E-state index >= 15 is 0 Å². The van der Waals surface area contributed by atoms with Crippen molar-refractivity contribution in [1.29, 1.82) is 0 Å². The molecule has 2 aromatic carbocycles. The Labute approximate surface area is 188 Å². The van der Waals surface area contributed by atoms with Crippen LogP contribution in [0.4, 0.5) is 11.4 Å². The Kier molecular flexibility index (Phi) is 7.46. The van der Waals surface area contributed by atoms with Crippen LogP contribution in [0.5, 0.6) is 5.75 Å². The Morgan fingerprint density at radius 1 is 1.00 bits per heavy atom. The molecule has 1 saturated heterocycles. The number of thiocarbonyl (C=S) groups is 1. The second kappa shape index (κ2) is 10.3. The van der Waals surface area contributed by atoms with E-state index in [1.165, 1.54) is 7.11 Å². The molecule has 0 atom stereocenters. The molecular weight excluding hydrogens is 412 g/mol. The molecule has 8 heteroatoms. The number of carbonyl (C=O) groups excluding carboxylic acids is 2. The minimum atomic E-state index is -0.340. The highest BCUT2D eigenvalue weighted by Gasteiger charge is 2.24. The van der Waals surface area contributed by atoms with Gasteiger partial charge in [-0.1, -0.05) is 38.1 Å². The molecule has 0 radical (unpaired) electrons. The lowest BCUT2D eigenvalue weighted by Gasteiger charge is -2.37. The number of anilines is 2. The minimum Gasteiger partial charge on any atom is -0.496 e. The van der Waals surface area contributed by atoms with Gasteiger partial charge in [0.15, 0.2) is 5.11 Å². The fourth-order valence-electron chi connectivity index (χ4n) is 3.54. The number of hydrogen-bond donors (Lipinski definition) is 2. The molecule has 1 fully saturated rings. The summed E-state index contributed by atoms with van der Waals surface area (Å²) in [4.78, 5) is 29.0. The number of nitrogens with one attached hydrogen (secondary N) is 2. The second-order valence-corrected chi connectivity index (χ2v) is 8.00. The van der Waals surface area contributed by atoms with Gasteiger partial charge in [0.2, 0.25) is 5.91 Å². The van der Waals surface area contributed by atoms with E-state index in [4.69, 9.17) is 17.0 Å². The van der Waals surface area contributed by atoms with Crippen LogP contribution in [0.25, 0.3) is 0 Å². The maximum atomic E-state index is 12.6. The van der Waals surface area contributed by atoms with Gasteiger partial charge in [0.05, 0.1) is 24.0 Å². The number of benzene rings is 2. The van der Waals surface area contributed by atoms with Crippen molar-refractivity contribution in [2.75, 3.05) is 43.5 Å². The van der Waals surface area contributed by atoms with Gasteiger partial charge in [-0.15, -0.1) is 0 Å². The predicted molar refractivity (Wildman–Crippen MR) is 127 cm³/mol. The number of piperazine rings is 1. The molecule has 2 aromatic rings. The van der Waals surface area contributed by atoms with Gasteiger partial charge in [-0.3, -0.25) is 14.9 Å². The third kappa shape index (κ3) is 5.52. The summed E-state index contributed by atoms with van der Waals surface area (Å²) in [5, 5.41) is 6.05. The van der Waals surface area contributed by atoms with Crippen molar-refractivity contribution < 1.29 is 14.3 Å². The van der Waals surface area contributed by atoms with Gasteiger partial charge in [0.1, 0.15) is 5.75 Å². The molecular formula is C23H28N4O3S. The summed E-state index contributed by atoms with van der Waals surface area (Å²) in [6, 6.07) is 14.8. The molecule has 1 aliphatic heterocycles. The van der Waals surface area contributed by atoms with Gasteiger partial charge in [0, 0.05) is 32.1 Å². The summed E-state index contributed by atoms with van der Waals surface area (Å²) in [5.74, 6) is 0.335. The molecule has 2 amide bonds. The molecule has 7 nitrogen and oxygen atoms in total. The first kappa shape index (κ1) is 22.6. The Hall–Kier alpha value is -3.13. The number of nitrogens with zero attached hydrogens (tertiary/aromatic N) is 2. The van der Waals surface area contributed by atoms with E-state index in [0.717, 1.165) is 24.5 Å². The molecule has 0 bridgehead atoms. The van der Waals surface area contributed by atoms with Crippen molar-refractivity contribution in [3.8, 4) is 5.75 Å². The largest absolute Gasteiger partial charge is 0.496 e. The SMILES string of the molecule is COc1ccccc1C(=O)NC(=S)Nc1ccccc1N1CCN(C(=O)C(C)C)CC1. The van der Waals surface area contributed by atoms with Crippen molar-refractivity contribution >= 4 is 40.5 Å². The van der Waals surface area contributed by atoms with E-state index in [1.54, 1.807) is 24.3 Å². The third-order valence-corrected chi connectivity index (χ3v) is 5.36. The van der Waals surface area contributed by atoms with Crippen molar-refractivity contribution in [2.24, 2.45) is 5.92 Å². The lowest BCUT2D eigenvalue weighted by Crippen LogP contribution is -2.50. The van der Waals surface area contributed by atoms with Gasteiger partial charge in [-0.05, 0) is 36.5 Å². The van der Waals surface area contributed by atoms with Crippen molar-refractivity contribution in [3.63, 3.8) is 0 Å². The standard InChI is InChI=1S/C23H28N4O3S/c1-16(2)22(29)27-14-12-26(13-15-27)19-10-6-5-9-18(19)24-23(31)25-21(28)17-8-4-7-11-20(17)30-3/h4-11,16H,12-15H2,1-3H3,(H2,24,25,28,31). The first-order valence-corrected chi connectivity index (χ1v) is 10.7. The molecule has 0 saturated carbocycles. The summed E-state index contributed by atoms with van der Waals surface area (Å²) in [6.45, 7) is 6.68. The topological polar surface area (TPSA) is 73.9 Å². The van der Waals surface area contributed by atoms with Crippen LogP contribution >= 0.6 is 12.2 Å². The molecule has 1 heterocycles. The fourth-order valence-corrected chi connectivity index (χ4v) is 3.75. The monoisotopic (exact) mass is 440 g/mol. The number of carbonyl (C=O) groups is 2. The zero-order chi connectivity index (χ0) is 22.4. The highest BCUT2D eigenvalue weighted by Crippen LogP contribution is 2.27. The highest BCUT2D eigenvalue weighted by atomic mass is 32.1. The first-order valence-electron chi connectivity index (χ1n) is 10.3. The van der Waals surface area contributed by atoms with Gasteiger partial charge >= 0.3 is 0 Å². The normalized spacial score (nSPS) is 13.7. The van der Waals surface area contributed by atoms with Crippen LogP contribution in [0.15, 0.2) is 48.5 Å². The predicted octanol–water partition coefficient (Wildman–Crippen LogP) is 3.13. The number of ether oxygens (including phenoxy) is 1. The Morgan fingerprint density at radius 3 is 2.32 bits per heavy atom. The van der Waals surface area contributed by atoms with E-state index in [-0.39, 0.29) is 22.8 Å². The Morgan fingerprint density at radius 2 is 1.65 bits per heavy atom. The second-order valence-electron chi connectivity index (χ2n) is 7.59. The zero-order valence-corrected chi connectivity index (χ0v) is 18.9. The zero-order valence-electron chi connectivity index (χ0n) is 18.1. The van der Waals surface area contributed by atoms with Crippen LogP contribution in [-0.4, -0.2) is 55.1 Å². The third-order valence-electron chi connectivity index (χ3n) is 5.16. The number of hydrogen-bond acceptors (Lipinski definition) is 5. The highest BCUT2D eigenvalue weighted by molar-refractivity contribution is 7.80. The molecule has 3 rings (SSSR count). The van der Waals surface area contributed by atoms with Crippen LogP contribution in [0.3, 0.4) is 0 Å². The maximum absolute atomic E-state index is 12.6.